The highest BCUT2D eigenvalue weighted by Crippen LogP contribution is 2.30. The van der Waals surface area contributed by atoms with Crippen molar-refractivity contribution in [3.05, 3.63) is 18.2 Å². The zero-order valence-corrected chi connectivity index (χ0v) is 14.8. The molecular weight excluding hydrogens is 322 g/mol. The van der Waals surface area contributed by atoms with E-state index in [4.69, 9.17) is 0 Å². The number of hydrogen-bond acceptors (Lipinski definition) is 5. The molecule has 7 heteroatoms. The first-order valence-corrected chi connectivity index (χ1v) is 11.2. The molecule has 1 aromatic carbocycles. The van der Waals surface area contributed by atoms with Crippen LogP contribution in [-0.2, 0) is 19.7 Å². The van der Waals surface area contributed by atoms with Gasteiger partial charge in [-0.2, -0.15) is 0 Å². The minimum atomic E-state index is -3.51. The van der Waals surface area contributed by atoms with Crippen LogP contribution in [0.4, 0.5) is 5.69 Å². The Morgan fingerprint density at radius 1 is 1.05 bits per heavy atom. The monoisotopic (exact) mass is 345 g/mol. The molecule has 0 amide bonds. The van der Waals surface area contributed by atoms with E-state index in [1.807, 2.05) is 0 Å². The normalized spacial score (nSPS) is 23.2. The van der Waals surface area contributed by atoms with Crippen molar-refractivity contribution in [1.82, 2.24) is 0 Å². The summed E-state index contributed by atoms with van der Waals surface area (Å²) >= 11 is 0. The molecule has 1 aromatic rings. The molecule has 1 aliphatic carbocycles. The standard InChI is InChI=1S/C15H23NO4S2/c1-11-5-4-6-12(9-11)16-14-8-7-13(21(2,17)18)10-15(14)22(3,19)20/h7-8,10-12,16H,4-6,9H2,1-3H3/t11-,12-/m1/s1. The molecule has 0 aliphatic heterocycles. The van der Waals surface area contributed by atoms with Gasteiger partial charge < -0.3 is 5.32 Å². The maximum atomic E-state index is 12.0. The van der Waals surface area contributed by atoms with E-state index in [9.17, 15) is 16.8 Å². The third-order valence-corrected chi connectivity index (χ3v) is 6.32. The van der Waals surface area contributed by atoms with Crippen LogP contribution in [0.15, 0.2) is 28.0 Å². The first-order valence-electron chi connectivity index (χ1n) is 7.38. The minimum Gasteiger partial charge on any atom is -0.381 e. The molecule has 0 unspecified atom stereocenters. The Morgan fingerprint density at radius 2 is 1.73 bits per heavy atom. The number of nitrogens with one attached hydrogen (secondary N) is 1. The Kier molecular flexibility index (Phi) is 4.87. The van der Waals surface area contributed by atoms with E-state index in [1.165, 1.54) is 18.6 Å². The SMILES string of the molecule is C[C@@H]1CCC[C@@H](Nc2ccc(S(C)(=O)=O)cc2S(C)(=O)=O)C1. The highest BCUT2D eigenvalue weighted by Gasteiger charge is 2.22. The number of anilines is 1. The molecule has 1 saturated carbocycles. The number of sulfone groups is 2. The Labute approximate surface area is 133 Å². The Balaban J connectivity index is 2.39. The van der Waals surface area contributed by atoms with Crippen molar-refractivity contribution in [2.24, 2.45) is 5.92 Å². The van der Waals surface area contributed by atoms with Crippen LogP contribution >= 0.6 is 0 Å². The number of hydrogen-bond donors (Lipinski definition) is 1. The van der Waals surface area contributed by atoms with Crippen molar-refractivity contribution >= 4 is 25.4 Å². The molecular formula is C15H23NO4S2. The summed E-state index contributed by atoms with van der Waals surface area (Å²) in [6, 6.07) is 4.50. The molecule has 0 spiro atoms. The highest BCUT2D eigenvalue weighted by molar-refractivity contribution is 7.91. The molecule has 5 nitrogen and oxygen atoms in total. The van der Waals surface area contributed by atoms with Crippen molar-refractivity contribution in [1.29, 1.82) is 0 Å². The molecule has 0 aromatic heterocycles. The Bertz CT molecular complexity index is 754. The maximum absolute atomic E-state index is 12.0. The lowest BCUT2D eigenvalue weighted by Gasteiger charge is -2.29. The van der Waals surface area contributed by atoms with Gasteiger partial charge >= 0.3 is 0 Å². The second-order valence-corrected chi connectivity index (χ2v) is 10.3. The summed E-state index contributed by atoms with van der Waals surface area (Å²) in [6.07, 6.45) is 6.49. The van der Waals surface area contributed by atoms with E-state index >= 15 is 0 Å². The summed E-state index contributed by atoms with van der Waals surface area (Å²) in [4.78, 5) is 0.0733. The van der Waals surface area contributed by atoms with Crippen molar-refractivity contribution in [3.8, 4) is 0 Å². The van der Waals surface area contributed by atoms with E-state index in [2.05, 4.69) is 12.2 Å². The molecule has 1 fully saturated rings. The van der Waals surface area contributed by atoms with Gasteiger partial charge in [-0.25, -0.2) is 16.8 Å². The molecule has 0 saturated heterocycles. The third kappa shape index (κ3) is 4.23. The quantitative estimate of drug-likeness (QED) is 0.907. The molecule has 124 valence electrons. The molecule has 0 bridgehead atoms. The maximum Gasteiger partial charge on any atom is 0.177 e. The van der Waals surface area contributed by atoms with Gasteiger partial charge in [0.2, 0.25) is 0 Å². The summed E-state index contributed by atoms with van der Waals surface area (Å²) < 4.78 is 47.3. The van der Waals surface area contributed by atoms with Gasteiger partial charge in [-0.15, -0.1) is 0 Å². The van der Waals surface area contributed by atoms with Crippen molar-refractivity contribution in [2.75, 3.05) is 17.8 Å². The van der Waals surface area contributed by atoms with Gasteiger partial charge in [0.15, 0.2) is 19.7 Å². The smallest absolute Gasteiger partial charge is 0.177 e. The first-order chi connectivity index (χ1) is 10.1. The first kappa shape index (κ1) is 17.3. The second kappa shape index (κ2) is 6.20. The van der Waals surface area contributed by atoms with Crippen molar-refractivity contribution < 1.29 is 16.8 Å². The highest BCUT2D eigenvalue weighted by atomic mass is 32.2. The van der Waals surface area contributed by atoms with Crippen LogP contribution in [0.3, 0.4) is 0 Å². The average molecular weight is 345 g/mol. The summed E-state index contributed by atoms with van der Waals surface area (Å²) in [7, 11) is -6.94. The minimum absolute atomic E-state index is 0.0236. The summed E-state index contributed by atoms with van der Waals surface area (Å²) in [5.41, 5.74) is 0.494. The van der Waals surface area contributed by atoms with E-state index < -0.39 is 19.7 Å². The molecule has 2 atom stereocenters. The third-order valence-electron chi connectivity index (χ3n) is 4.08. The van der Waals surface area contributed by atoms with Crippen LogP contribution in [-0.4, -0.2) is 35.4 Å². The second-order valence-electron chi connectivity index (χ2n) is 6.32. The average Bonchev–Trinajstić information content (AvgIpc) is 2.36. The lowest BCUT2D eigenvalue weighted by atomic mass is 9.87. The number of benzene rings is 1. The van der Waals surface area contributed by atoms with Gasteiger partial charge in [0.25, 0.3) is 0 Å². The fourth-order valence-electron chi connectivity index (χ4n) is 2.94. The molecule has 0 heterocycles. The van der Waals surface area contributed by atoms with E-state index in [0.29, 0.717) is 11.6 Å². The van der Waals surface area contributed by atoms with Crippen LogP contribution in [0.1, 0.15) is 32.6 Å². The van der Waals surface area contributed by atoms with Crippen molar-refractivity contribution in [2.45, 2.75) is 48.4 Å². The molecule has 1 N–H and O–H groups in total. The molecule has 1 aliphatic rings. The summed E-state index contributed by atoms with van der Waals surface area (Å²) in [5.74, 6) is 0.614. The topological polar surface area (TPSA) is 80.3 Å². The van der Waals surface area contributed by atoms with Crippen LogP contribution in [0.2, 0.25) is 0 Å². The fourth-order valence-corrected chi connectivity index (χ4v) is 4.53. The Hall–Kier alpha value is -1.08. The van der Waals surface area contributed by atoms with E-state index in [1.54, 1.807) is 6.07 Å². The molecule has 22 heavy (non-hydrogen) atoms. The van der Waals surface area contributed by atoms with Gasteiger partial charge in [-0.05, 0) is 37.0 Å². The van der Waals surface area contributed by atoms with Crippen LogP contribution in [0, 0.1) is 5.92 Å². The van der Waals surface area contributed by atoms with Crippen LogP contribution in [0.5, 0.6) is 0 Å². The fraction of sp³-hybridized carbons (Fsp3) is 0.600. The summed E-state index contributed by atoms with van der Waals surface area (Å²) in [5, 5.41) is 3.29. The predicted molar refractivity (Wildman–Crippen MR) is 87.7 cm³/mol. The molecule has 2 rings (SSSR count). The predicted octanol–water partition coefficient (Wildman–Crippen LogP) is 2.48. The van der Waals surface area contributed by atoms with Gasteiger partial charge in [0.05, 0.1) is 15.5 Å². The van der Waals surface area contributed by atoms with Crippen LogP contribution in [0.25, 0.3) is 0 Å². The lowest BCUT2D eigenvalue weighted by molar-refractivity contribution is 0.358. The largest absolute Gasteiger partial charge is 0.381 e. The van der Waals surface area contributed by atoms with E-state index in [0.717, 1.165) is 31.8 Å². The lowest BCUT2D eigenvalue weighted by Crippen LogP contribution is -2.27. The van der Waals surface area contributed by atoms with Gasteiger partial charge in [-0.3, -0.25) is 0 Å². The van der Waals surface area contributed by atoms with Crippen molar-refractivity contribution in [3.63, 3.8) is 0 Å². The Morgan fingerprint density at radius 3 is 2.27 bits per heavy atom. The van der Waals surface area contributed by atoms with Gasteiger partial charge in [0.1, 0.15) is 0 Å². The van der Waals surface area contributed by atoms with E-state index in [-0.39, 0.29) is 15.8 Å². The molecule has 0 radical (unpaired) electrons. The summed E-state index contributed by atoms with van der Waals surface area (Å²) in [6.45, 7) is 2.19. The zero-order valence-electron chi connectivity index (χ0n) is 13.2. The number of rotatable bonds is 4. The van der Waals surface area contributed by atoms with Gasteiger partial charge in [0, 0.05) is 18.6 Å². The zero-order chi connectivity index (χ0) is 16.5. The van der Waals surface area contributed by atoms with Gasteiger partial charge in [-0.1, -0.05) is 19.8 Å². The van der Waals surface area contributed by atoms with Crippen LogP contribution < -0.4 is 5.32 Å².